The van der Waals surface area contributed by atoms with Gasteiger partial charge >= 0.3 is 5.97 Å². The van der Waals surface area contributed by atoms with Gasteiger partial charge < -0.3 is 19.9 Å². The molecule has 0 unspecified atom stereocenters. The first-order valence-electron chi connectivity index (χ1n) is 9.53. The number of piperazine rings is 1. The summed E-state index contributed by atoms with van der Waals surface area (Å²) in [5, 5.41) is 2.78. The minimum atomic E-state index is -0.484. The smallest absolute Gasteiger partial charge is 0.340 e. The quantitative estimate of drug-likeness (QED) is 0.779. The van der Waals surface area contributed by atoms with Gasteiger partial charge in [0.2, 0.25) is 5.91 Å². The van der Waals surface area contributed by atoms with Gasteiger partial charge in [-0.3, -0.25) is 9.59 Å². The number of ether oxygens (including phenoxy) is 1. The van der Waals surface area contributed by atoms with Gasteiger partial charge in [0.25, 0.3) is 5.91 Å². The molecule has 0 saturated carbocycles. The predicted molar refractivity (Wildman–Crippen MR) is 109 cm³/mol. The Morgan fingerprint density at radius 3 is 2.52 bits per heavy atom. The number of aromatic nitrogens is 1. The highest BCUT2D eigenvalue weighted by Gasteiger charge is 2.21. The number of benzene rings is 1. The Morgan fingerprint density at radius 1 is 1.10 bits per heavy atom. The largest absolute Gasteiger partial charge is 0.462 e. The number of carbonyl (C=O) groups excluding carboxylic acids is 3. The van der Waals surface area contributed by atoms with Gasteiger partial charge in [0.05, 0.1) is 17.9 Å². The number of esters is 1. The van der Waals surface area contributed by atoms with Gasteiger partial charge in [-0.1, -0.05) is 12.1 Å². The first-order valence-corrected chi connectivity index (χ1v) is 9.53. The number of nitrogens with zero attached hydrogens (tertiary/aromatic N) is 3. The van der Waals surface area contributed by atoms with Crippen LogP contribution in [0.2, 0.25) is 0 Å². The van der Waals surface area contributed by atoms with Crippen LogP contribution in [0.3, 0.4) is 0 Å². The van der Waals surface area contributed by atoms with E-state index in [1.54, 1.807) is 61.3 Å². The molecule has 3 rings (SSSR count). The fourth-order valence-electron chi connectivity index (χ4n) is 3.16. The number of hydrogen-bond donors (Lipinski definition) is 1. The average molecular weight is 396 g/mol. The van der Waals surface area contributed by atoms with Crippen molar-refractivity contribution in [3.63, 3.8) is 0 Å². The summed E-state index contributed by atoms with van der Waals surface area (Å²) < 4.78 is 5.04. The lowest BCUT2D eigenvalue weighted by Gasteiger charge is -2.35. The topological polar surface area (TPSA) is 91.8 Å². The molecule has 8 heteroatoms. The maximum absolute atomic E-state index is 12.8. The third-order valence-corrected chi connectivity index (χ3v) is 4.73. The molecule has 1 N–H and O–H groups in total. The van der Waals surface area contributed by atoms with Crippen LogP contribution >= 0.6 is 0 Å². The van der Waals surface area contributed by atoms with Crippen molar-refractivity contribution in [2.24, 2.45) is 0 Å². The lowest BCUT2D eigenvalue weighted by molar-refractivity contribution is -0.129. The molecule has 2 amide bonds. The fraction of sp³-hybridized carbons (Fsp3) is 0.333. The maximum Gasteiger partial charge on any atom is 0.340 e. The number of hydrogen-bond acceptors (Lipinski definition) is 6. The Labute approximate surface area is 169 Å². The monoisotopic (exact) mass is 396 g/mol. The zero-order valence-corrected chi connectivity index (χ0v) is 16.6. The highest BCUT2D eigenvalue weighted by atomic mass is 16.5. The van der Waals surface area contributed by atoms with E-state index in [9.17, 15) is 14.4 Å². The Morgan fingerprint density at radius 2 is 1.83 bits per heavy atom. The molecule has 1 fully saturated rings. The van der Waals surface area contributed by atoms with E-state index in [-0.39, 0.29) is 18.4 Å². The molecule has 1 aliphatic heterocycles. The molecule has 2 heterocycles. The summed E-state index contributed by atoms with van der Waals surface area (Å²) in [5.41, 5.74) is 1.13. The normalized spacial score (nSPS) is 13.7. The summed E-state index contributed by atoms with van der Waals surface area (Å²) in [6.45, 7) is 6.11. The second-order valence-electron chi connectivity index (χ2n) is 6.62. The molecular weight excluding hydrogens is 372 g/mol. The minimum absolute atomic E-state index is 0.0611. The lowest BCUT2D eigenvalue weighted by Crippen LogP contribution is -2.48. The van der Waals surface area contributed by atoms with E-state index in [1.165, 1.54) is 0 Å². The summed E-state index contributed by atoms with van der Waals surface area (Å²) in [7, 11) is 0. The zero-order valence-electron chi connectivity index (χ0n) is 16.6. The van der Waals surface area contributed by atoms with E-state index in [1.807, 2.05) is 4.90 Å². The third kappa shape index (κ3) is 4.90. The minimum Gasteiger partial charge on any atom is -0.462 e. The second kappa shape index (κ2) is 9.18. The van der Waals surface area contributed by atoms with E-state index < -0.39 is 5.97 Å². The molecule has 152 valence electrons. The molecule has 0 bridgehead atoms. The van der Waals surface area contributed by atoms with Crippen LogP contribution < -0.4 is 10.2 Å². The Hall–Kier alpha value is -3.42. The third-order valence-electron chi connectivity index (χ3n) is 4.73. The molecule has 29 heavy (non-hydrogen) atoms. The van der Waals surface area contributed by atoms with Gasteiger partial charge in [-0.15, -0.1) is 0 Å². The van der Waals surface area contributed by atoms with Crippen LogP contribution in [0, 0.1) is 0 Å². The molecule has 1 aromatic heterocycles. The van der Waals surface area contributed by atoms with E-state index in [2.05, 4.69) is 10.3 Å². The van der Waals surface area contributed by atoms with Crippen LogP contribution in [-0.2, 0) is 9.53 Å². The van der Waals surface area contributed by atoms with Crippen molar-refractivity contribution in [3.8, 4) is 0 Å². The molecule has 0 radical (unpaired) electrons. The van der Waals surface area contributed by atoms with Gasteiger partial charge in [0.15, 0.2) is 0 Å². The van der Waals surface area contributed by atoms with E-state index in [0.717, 1.165) is 0 Å². The molecule has 2 aromatic rings. The van der Waals surface area contributed by atoms with Crippen LogP contribution in [0.25, 0.3) is 0 Å². The standard InChI is InChI=1S/C21H24N4O4/c1-3-29-21(28)17-6-4-5-7-18(17)23-20(27)16-8-9-22-19(14-16)25-12-10-24(11-13-25)15(2)26/h4-9,14H,3,10-13H2,1-2H3,(H,23,27). The molecular formula is C21H24N4O4. The van der Waals surface area contributed by atoms with Crippen LogP contribution in [-0.4, -0.2) is 60.5 Å². The molecule has 1 aromatic carbocycles. The molecule has 0 aliphatic carbocycles. The number of pyridine rings is 1. The summed E-state index contributed by atoms with van der Waals surface area (Å²) in [4.78, 5) is 44.5. The van der Waals surface area contributed by atoms with Crippen molar-refractivity contribution in [2.45, 2.75) is 13.8 Å². The van der Waals surface area contributed by atoms with Gasteiger partial charge in [0.1, 0.15) is 5.82 Å². The first kappa shape index (κ1) is 20.3. The Balaban J connectivity index is 1.73. The van der Waals surface area contributed by atoms with Crippen LogP contribution in [0.5, 0.6) is 0 Å². The fourth-order valence-corrected chi connectivity index (χ4v) is 3.16. The molecule has 8 nitrogen and oxygen atoms in total. The average Bonchev–Trinajstić information content (AvgIpc) is 2.74. The molecule has 1 aliphatic rings. The van der Waals surface area contributed by atoms with Gasteiger partial charge in [-0.25, -0.2) is 9.78 Å². The van der Waals surface area contributed by atoms with E-state index >= 15 is 0 Å². The van der Waals surface area contributed by atoms with Crippen molar-refractivity contribution in [2.75, 3.05) is 43.0 Å². The molecule has 0 spiro atoms. The number of anilines is 2. The SMILES string of the molecule is CCOC(=O)c1ccccc1NC(=O)c1ccnc(N2CCN(C(C)=O)CC2)c1. The van der Waals surface area contributed by atoms with Crippen molar-refractivity contribution in [1.29, 1.82) is 0 Å². The summed E-state index contributed by atoms with van der Waals surface area (Å²) in [6.07, 6.45) is 1.58. The lowest BCUT2D eigenvalue weighted by atomic mass is 10.1. The van der Waals surface area contributed by atoms with E-state index in [0.29, 0.717) is 48.8 Å². The van der Waals surface area contributed by atoms with Crippen LogP contribution in [0.15, 0.2) is 42.6 Å². The van der Waals surface area contributed by atoms with Crippen LogP contribution in [0.4, 0.5) is 11.5 Å². The summed E-state index contributed by atoms with van der Waals surface area (Å²) in [6, 6.07) is 10.1. The van der Waals surface area contributed by atoms with Crippen molar-refractivity contribution < 1.29 is 19.1 Å². The van der Waals surface area contributed by atoms with Gasteiger partial charge in [-0.2, -0.15) is 0 Å². The predicted octanol–water partition coefficient (Wildman–Crippen LogP) is 2.18. The van der Waals surface area contributed by atoms with Crippen LogP contribution in [0.1, 0.15) is 34.6 Å². The highest BCUT2D eigenvalue weighted by molar-refractivity contribution is 6.08. The van der Waals surface area contributed by atoms with Gasteiger partial charge in [0, 0.05) is 44.9 Å². The van der Waals surface area contributed by atoms with E-state index in [4.69, 9.17) is 4.74 Å². The van der Waals surface area contributed by atoms with Crippen molar-refractivity contribution >= 4 is 29.3 Å². The number of para-hydroxylation sites is 1. The Bertz CT molecular complexity index is 907. The summed E-state index contributed by atoms with van der Waals surface area (Å²) in [5.74, 6) is -0.0829. The number of amides is 2. The number of rotatable bonds is 5. The number of nitrogens with one attached hydrogen (secondary N) is 1. The van der Waals surface area contributed by atoms with Crippen molar-refractivity contribution in [1.82, 2.24) is 9.88 Å². The maximum atomic E-state index is 12.8. The molecule has 0 atom stereocenters. The van der Waals surface area contributed by atoms with Crippen molar-refractivity contribution in [3.05, 3.63) is 53.7 Å². The summed E-state index contributed by atoms with van der Waals surface area (Å²) >= 11 is 0. The Kier molecular flexibility index (Phi) is 6.43. The highest BCUT2D eigenvalue weighted by Crippen LogP contribution is 2.19. The molecule has 1 saturated heterocycles. The number of carbonyl (C=O) groups is 3. The second-order valence-corrected chi connectivity index (χ2v) is 6.62. The van der Waals surface area contributed by atoms with Gasteiger partial charge in [-0.05, 0) is 31.2 Å². The zero-order chi connectivity index (χ0) is 20.8. The first-order chi connectivity index (χ1) is 14.0.